The topological polar surface area (TPSA) is 108 Å². The first-order valence-corrected chi connectivity index (χ1v) is 6.33. The molecule has 1 atom stereocenters. The molecule has 3 amide bonds. The molecule has 2 rings (SSSR count). The van der Waals surface area contributed by atoms with Gasteiger partial charge < -0.3 is 21.1 Å². The fraction of sp³-hybridized carbons (Fsp3) is 0.308. The van der Waals surface area contributed by atoms with E-state index in [1.807, 2.05) is 0 Å². The second kappa shape index (κ2) is 6.21. The van der Waals surface area contributed by atoms with E-state index in [9.17, 15) is 18.8 Å². The number of carboxylic acid groups (broad SMARTS) is 1. The molecule has 0 saturated carbocycles. The highest BCUT2D eigenvalue weighted by Gasteiger charge is 2.21. The Hall–Kier alpha value is -2.64. The van der Waals surface area contributed by atoms with Crippen molar-refractivity contribution in [1.29, 1.82) is 0 Å². The summed E-state index contributed by atoms with van der Waals surface area (Å²) in [6.45, 7) is 0.218. The molecule has 7 nitrogen and oxygen atoms in total. The van der Waals surface area contributed by atoms with Crippen LogP contribution in [0.25, 0.3) is 0 Å². The number of urea groups is 1. The summed E-state index contributed by atoms with van der Waals surface area (Å²) in [4.78, 5) is 33.7. The third-order valence-corrected chi connectivity index (χ3v) is 3.05. The van der Waals surface area contributed by atoms with Crippen LogP contribution in [0.1, 0.15) is 23.2 Å². The zero-order valence-corrected chi connectivity index (χ0v) is 11.0. The molecule has 1 aliphatic heterocycles. The van der Waals surface area contributed by atoms with E-state index < -0.39 is 17.8 Å². The number of rotatable bonds is 4. The van der Waals surface area contributed by atoms with Gasteiger partial charge in [0.15, 0.2) is 0 Å². The van der Waals surface area contributed by atoms with E-state index >= 15 is 0 Å². The van der Waals surface area contributed by atoms with Crippen molar-refractivity contribution < 1.29 is 23.9 Å². The van der Waals surface area contributed by atoms with Gasteiger partial charge in [0, 0.05) is 19.0 Å². The molecule has 4 N–H and O–H groups in total. The molecule has 0 spiro atoms. The number of anilines is 1. The lowest BCUT2D eigenvalue weighted by Crippen LogP contribution is -2.40. The van der Waals surface area contributed by atoms with Gasteiger partial charge in [-0.3, -0.25) is 4.79 Å². The van der Waals surface area contributed by atoms with E-state index in [1.165, 1.54) is 0 Å². The van der Waals surface area contributed by atoms with Gasteiger partial charge in [0.1, 0.15) is 5.82 Å². The number of hydrogen-bond acceptors (Lipinski definition) is 3. The van der Waals surface area contributed by atoms with E-state index in [0.29, 0.717) is 12.8 Å². The van der Waals surface area contributed by atoms with Crippen LogP contribution >= 0.6 is 0 Å². The van der Waals surface area contributed by atoms with Gasteiger partial charge in [0.2, 0.25) is 5.91 Å². The van der Waals surface area contributed by atoms with E-state index in [1.54, 1.807) is 0 Å². The number of aromatic carboxylic acids is 1. The van der Waals surface area contributed by atoms with E-state index in [4.69, 9.17) is 5.11 Å². The number of amides is 3. The third-order valence-electron chi connectivity index (χ3n) is 3.05. The maximum Gasteiger partial charge on any atom is 0.337 e. The Morgan fingerprint density at radius 2 is 2.19 bits per heavy atom. The molecule has 112 valence electrons. The highest BCUT2D eigenvalue weighted by atomic mass is 19.1. The molecule has 1 aromatic rings. The molecule has 1 aromatic carbocycles. The van der Waals surface area contributed by atoms with Gasteiger partial charge in [-0.05, 0) is 24.6 Å². The molecule has 0 aromatic heterocycles. The first-order valence-electron chi connectivity index (χ1n) is 6.33. The van der Waals surface area contributed by atoms with Crippen LogP contribution in [-0.4, -0.2) is 35.6 Å². The summed E-state index contributed by atoms with van der Waals surface area (Å²) in [5, 5.41) is 16.4. The summed E-state index contributed by atoms with van der Waals surface area (Å²) in [6.07, 6.45) is 1.04. The van der Waals surface area contributed by atoms with Crippen LogP contribution in [0.4, 0.5) is 14.9 Å². The van der Waals surface area contributed by atoms with Crippen molar-refractivity contribution >= 4 is 23.6 Å². The standard InChI is InChI=1S/C13H14FN3O4/c14-7-1-3-9(12(19)20)10(5-7)17-13(21)15-6-8-2-4-11(18)16-8/h1,3,5,8H,2,4,6H2,(H,16,18)(H,19,20)(H2,15,17,21). The van der Waals surface area contributed by atoms with Crippen molar-refractivity contribution in [1.82, 2.24) is 10.6 Å². The smallest absolute Gasteiger partial charge is 0.337 e. The van der Waals surface area contributed by atoms with Crippen molar-refractivity contribution in [3.63, 3.8) is 0 Å². The maximum atomic E-state index is 13.1. The van der Waals surface area contributed by atoms with E-state index in [-0.39, 0.29) is 29.7 Å². The zero-order chi connectivity index (χ0) is 15.4. The number of carbonyl (C=O) groups is 3. The zero-order valence-electron chi connectivity index (χ0n) is 11.0. The Morgan fingerprint density at radius 3 is 2.81 bits per heavy atom. The molecule has 1 unspecified atom stereocenters. The quantitative estimate of drug-likeness (QED) is 0.662. The van der Waals surface area contributed by atoms with E-state index in [0.717, 1.165) is 18.2 Å². The Kier molecular flexibility index (Phi) is 4.36. The third kappa shape index (κ3) is 3.91. The molecule has 0 bridgehead atoms. The van der Waals surface area contributed by atoms with Crippen LogP contribution in [0, 0.1) is 5.82 Å². The molecule has 1 aliphatic rings. The normalized spacial score (nSPS) is 17.2. The monoisotopic (exact) mass is 295 g/mol. The first-order chi connectivity index (χ1) is 9.95. The highest BCUT2D eigenvalue weighted by molar-refractivity contribution is 6.00. The lowest BCUT2D eigenvalue weighted by Gasteiger charge is -2.13. The summed E-state index contributed by atoms with van der Waals surface area (Å²) >= 11 is 0. The van der Waals surface area contributed by atoms with Crippen molar-refractivity contribution in [3.8, 4) is 0 Å². The predicted molar refractivity (Wildman–Crippen MR) is 71.5 cm³/mol. The second-order valence-corrected chi connectivity index (χ2v) is 4.63. The molecular weight excluding hydrogens is 281 g/mol. The fourth-order valence-electron chi connectivity index (χ4n) is 2.02. The van der Waals surface area contributed by atoms with Crippen LogP contribution in [0.5, 0.6) is 0 Å². The molecule has 21 heavy (non-hydrogen) atoms. The number of carbonyl (C=O) groups excluding carboxylic acids is 2. The Bertz CT molecular complexity index is 591. The molecular formula is C13H14FN3O4. The Labute approximate surface area is 119 Å². The average molecular weight is 295 g/mol. The van der Waals surface area contributed by atoms with Crippen molar-refractivity contribution in [2.75, 3.05) is 11.9 Å². The summed E-state index contributed by atoms with van der Waals surface area (Å²) < 4.78 is 13.1. The Balaban J connectivity index is 1.94. The van der Waals surface area contributed by atoms with Crippen molar-refractivity contribution in [2.45, 2.75) is 18.9 Å². The number of halogens is 1. The fourth-order valence-corrected chi connectivity index (χ4v) is 2.02. The minimum atomic E-state index is -1.27. The summed E-state index contributed by atoms with van der Waals surface area (Å²) in [5.74, 6) is -1.99. The van der Waals surface area contributed by atoms with Crippen molar-refractivity contribution in [3.05, 3.63) is 29.6 Å². The molecule has 0 radical (unpaired) electrons. The maximum absolute atomic E-state index is 13.1. The average Bonchev–Trinajstić information content (AvgIpc) is 2.82. The van der Waals surface area contributed by atoms with Gasteiger partial charge in [0.25, 0.3) is 0 Å². The second-order valence-electron chi connectivity index (χ2n) is 4.63. The van der Waals surface area contributed by atoms with Gasteiger partial charge in [-0.1, -0.05) is 0 Å². The molecule has 1 heterocycles. The number of nitrogens with one attached hydrogen (secondary N) is 3. The number of hydrogen-bond donors (Lipinski definition) is 4. The molecule has 8 heteroatoms. The minimum Gasteiger partial charge on any atom is -0.478 e. The Morgan fingerprint density at radius 1 is 1.43 bits per heavy atom. The first kappa shape index (κ1) is 14.8. The van der Waals surface area contributed by atoms with Gasteiger partial charge >= 0.3 is 12.0 Å². The lowest BCUT2D eigenvalue weighted by molar-refractivity contribution is -0.119. The van der Waals surface area contributed by atoms with Gasteiger partial charge in [-0.25, -0.2) is 14.0 Å². The SMILES string of the molecule is O=C1CCC(CNC(=O)Nc2cc(F)ccc2C(=O)O)N1. The van der Waals surface area contributed by atoms with Crippen LogP contribution in [0.15, 0.2) is 18.2 Å². The lowest BCUT2D eigenvalue weighted by atomic mass is 10.2. The van der Waals surface area contributed by atoms with Gasteiger partial charge in [0.05, 0.1) is 11.3 Å². The van der Waals surface area contributed by atoms with E-state index in [2.05, 4.69) is 16.0 Å². The van der Waals surface area contributed by atoms with Crippen LogP contribution in [0.2, 0.25) is 0 Å². The van der Waals surface area contributed by atoms with Crippen LogP contribution in [-0.2, 0) is 4.79 Å². The van der Waals surface area contributed by atoms with Crippen molar-refractivity contribution in [2.24, 2.45) is 0 Å². The van der Waals surface area contributed by atoms with Crippen LogP contribution < -0.4 is 16.0 Å². The summed E-state index contributed by atoms with van der Waals surface area (Å²) in [5.41, 5.74) is -0.337. The number of benzene rings is 1. The number of carboxylic acids is 1. The van der Waals surface area contributed by atoms with Gasteiger partial charge in [-0.2, -0.15) is 0 Å². The summed E-state index contributed by atoms with van der Waals surface area (Å²) in [7, 11) is 0. The summed E-state index contributed by atoms with van der Waals surface area (Å²) in [6, 6.07) is 2.20. The molecule has 0 aliphatic carbocycles. The largest absolute Gasteiger partial charge is 0.478 e. The molecule has 1 fully saturated rings. The van der Waals surface area contributed by atoms with Gasteiger partial charge in [-0.15, -0.1) is 0 Å². The minimum absolute atomic E-state index is 0.0690. The molecule has 1 saturated heterocycles. The predicted octanol–water partition coefficient (Wildman–Crippen LogP) is 0.924. The highest BCUT2D eigenvalue weighted by Crippen LogP contribution is 2.17. The van der Waals surface area contributed by atoms with Crippen LogP contribution in [0.3, 0.4) is 0 Å².